The lowest BCUT2D eigenvalue weighted by atomic mass is 10.00. The van der Waals surface area contributed by atoms with Gasteiger partial charge in [-0.2, -0.15) is 0 Å². The number of hydrogen-bond acceptors (Lipinski definition) is 2. The highest BCUT2D eigenvalue weighted by Crippen LogP contribution is 2.34. The van der Waals surface area contributed by atoms with Crippen LogP contribution in [0.15, 0.2) is 53.4 Å². The largest absolute Gasteiger partial charge is 0.255 e. The molecule has 0 amide bonds. The standard InChI is InChI=1S/C13H11NS/c1-2-6-11-10(5-1)9-14-15-13-8-4-3-7-12(11)13/h1-8,14H,9H2. The maximum atomic E-state index is 3.38. The molecule has 0 spiro atoms. The molecule has 0 aliphatic carbocycles. The summed E-state index contributed by atoms with van der Waals surface area (Å²) in [6, 6.07) is 17.1. The van der Waals surface area contributed by atoms with Crippen molar-refractivity contribution in [3.8, 4) is 11.1 Å². The van der Waals surface area contributed by atoms with Gasteiger partial charge in [0.15, 0.2) is 0 Å². The Bertz CT molecular complexity index is 448. The molecule has 0 saturated carbocycles. The molecule has 0 radical (unpaired) electrons. The fraction of sp³-hybridized carbons (Fsp3) is 0.0769. The van der Waals surface area contributed by atoms with E-state index in [1.165, 1.54) is 21.6 Å². The molecule has 15 heavy (non-hydrogen) atoms. The average Bonchev–Trinajstić information content (AvgIpc) is 2.48. The van der Waals surface area contributed by atoms with Gasteiger partial charge in [0.1, 0.15) is 0 Å². The molecule has 2 aromatic rings. The van der Waals surface area contributed by atoms with Gasteiger partial charge in [-0.3, -0.25) is 4.72 Å². The van der Waals surface area contributed by atoms with Crippen LogP contribution in [0.25, 0.3) is 11.1 Å². The summed E-state index contributed by atoms with van der Waals surface area (Å²) in [7, 11) is 0. The second-order valence-electron chi connectivity index (χ2n) is 3.58. The summed E-state index contributed by atoms with van der Waals surface area (Å²) in [6.07, 6.45) is 0. The Labute approximate surface area is 93.7 Å². The molecule has 1 nitrogen and oxygen atoms in total. The fourth-order valence-electron chi connectivity index (χ4n) is 1.91. The molecule has 2 aromatic carbocycles. The first-order valence-electron chi connectivity index (χ1n) is 5.02. The Hall–Kier alpha value is -1.25. The Morgan fingerprint density at radius 1 is 0.867 bits per heavy atom. The first kappa shape index (κ1) is 9.01. The summed E-state index contributed by atoms with van der Waals surface area (Å²) in [5.74, 6) is 0. The first-order chi connectivity index (χ1) is 7.45. The third-order valence-corrected chi connectivity index (χ3v) is 3.50. The average molecular weight is 213 g/mol. The molecule has 1 aliphatic rings. The second kappa shape index (κ2) is 3.72. The third-order valence-electron chi connectivity index (χ3n) is 2.64. The van der Waals surface area contributed by atoms with Crippen LogP contribution >= 0.6 is 11.9 Å². The third kappa shape index (κ3) is 1.56. The van der Waals surface area contributed by atoms with Crippen LogP contribution in [0.5, 0.6) is 0 Å². The smallest absolute Gasteiger partial charge is 0.0319 e. The molecule has 0 fully saturated rings. The Kier molecular flexibility index (Phi) is 2.24. The zero-order valence-corrected chi connectivity index (χ0v) is 9.05. The van der Waals surface area contributed by atoms with E-state index in [-0.39, 0.29) is 0 Å². The number of hydrogen-bond donors (Lipinski definition) is 1. The van der Waals surface area contributed by atoms with E-state index in [9.17, 15) is 0 Å². The zero-order chi connectivity index (χ0) is 10.1. The quantitative estimate of drug-likeness (QED) is 0.672. The van der Waals surface area contributed by atoms with Crippen molar-refractivity contribution in [1.82, 2.24) is 4.72 Å². The Balaban J connectivity index is 2.27. The van der Waals surface area contributed by atoms with Gasteiger partial charge in [0.05, 0.1) is 0 Å². The summed E-state index contributed by atoms with van der Waals surface area (Å²) in [5, 5.41) is 0. The van der Waals surface area contributed by atoms with Crippen LogP contribution in [-0.2, 0) is 6.54 Å². The summed E-state index contributed by atoms with van der Waals surface area (Å²) < 4.78 is 3.38. The minimum Gasteiger partial charge on any atom is -0.255 e. The molecular formula is C13H11NS. The van der Waals surface area contributed by atoms with E-state index in [0.717, 1.165) is 6.54 Å². The van der Waals surface area contributed by atoms with Gasteiger partial charge in [0.2, 0.25) is 0 Å². The lowest BCUT2D eigenvalue weighted by molar-refractivity contribution is 0.985. The van der Waals surface area contributed by atoms with Gasteiger partial charge in [-0.25, -0.2) is 0 Å². The predicted molar refractivity (Wildman–Crippen MR) is 64.6 cm³/mol. The van der Waals surface area contributed by atoms with E-state index >= 15 is 0 Å². The Morgan fingerprint density at radius 2 is 1.60 bits per heavy atom. The second-order valence-corrected chi connectivity index (χ2v) is 4.51. The van der Waals surface area contributed by atoms with Crippen molar-refractivity contribution in [2.24, 2.45) is 0 Å². The van der Waals surface area contributed by atoms with Gasteiger partial charge in [-0.05, 0) is 34.7 Å². The van der Waals surface area contributed by atoms with Gasteiger partial charge >= 0.3 is 0 Å². The normalized spacial score (nSPS) is 13.9. The SMILES string of the molecule is c1ccc2c(c1)CNSc1ccccc1-2. The summed E-state index contributed by atoms with van der Waals surface area (Å²) in [6.45, 7) is 0.926. The molecule has 1 heterocycles. The van der Waals surface area contributed by atoms with E-state index < -0.39 is 0 Å². The lowest BCUT2D eigenvalue weighted by Gasteiger charge is -2.06. The van der Waals surface area contributed by atoms with Crippen molar-refractivity contribution in [3.05, 3.63) is 54.1 Å². The van der Waals surface area contributed by atoms with Crippen LogP contribution in [0.3, 0.4) is 0 Å². The van der Waals surface area contributed by atoms with Crippen LogP contribution in [0.4, 0.5) is 0 Å². The molecule has 2 heteroatoms. The van der Waals surface area contributed by atoms with Crippen molar-refractivity contribution in [2.75, 3.05) is 0 Å². The first-order valence-corrected chi connectivity index (χ1v) is 5.84. The van der Waals surface area contributed by atoms with Crippen molar-refractivity contribution < 1.29 is 0 Å². The number of fused-ring (bicyclic) bond motifs is 3. The van der Waals surface area contributed by atoms with Gasteiger partial charge in [0.25, 0.3) is 0 Å². The van der Waals surface area contributed by atoms with E-state index in [1.54, 1.807) is 11.9 Å². The molecule has 0 saturated heterocycles. The van der Waals surface area contributed by atoms with Gasteiger partial charge in [-0.1, -0.05) is 42.5 Å². The summed E-state index contributed by atoms with van der Waals surface area (Å²) in [5.41, 5.74) is 4.06. The highest BCUT2D eigenvalue weighted by atomic mass is 32.2. The minimum atomic E-state index is 0.926. The van der Waals surface area contributed by atoms with Crippen molar-refractivity contribution in [1.29, 1.82) is 0 Å². The van der Waals surface area contributed by atoms with E-state index in [2.05, 4.69) is 53.3 Å². The van der Waals surface area contributed by atoms with E-state index in [0.29, 0.717) is 0 Å². The van der Waals surface area contributed by atoms with Crippen LogP contribution in [0.2, 0.25) is 0 Å². The molecule has 1 N–H and O–H groups in total. The van der Waals surface area contributed by atoms with E-state index in [1.807, 2.05) is 0 Å². The number of benzene rings is 2. The molecular weight excluding hydrogens is 202 g/mol. The topological polar surface area (TPSA) is 12.0 Å². The van der Waals surface area contributed by atoms with Crippen LogP contribution in [0.1, 0.15) is 5.56 Å². The van der Waals surface area contributed by atoms with E-state index in [4.69, 9.17) is 0 Å². The maximum absolute atomic E-state index is 3.38. The van der Waals surface area contributed by atoms with Crippen molar-refractivity contribution >= 4 is 11.9 Å². The molecule has 74 valence electrons. The fourth-order valence-corrected chi connectivity index (χ4v) is 2.72. The highest BCUT2D eigenvalue weighted by Gasteiger charge is 2.12. The van der Waals surface area contributed by atoms with Crippen molar-refractivity contribution in [2.45, 2.75) is 11.4 Å². The molecule has 0 atom stereocenters. The molecule has 3 rings (SSSR count). The lowest BCUT2D eigenvalue weighted by Crippen LogP contribution is -2.00. The number of rotatable bonds is 0. The zero-order valence-electron chi connectivity index (χ0n) is 8.23. The van der Waals surface area contributed by atoms with Gasteiger partial charge < -0.3 is 0 Å². The monoisotopic (exact) mass is 213 g/mol. The molecule has 0 bridgehead atoms. The van der Waals surface area contributed by atoms with Crippen LogP contribution < -0.4 is 4.72 Å². The predicted octanol–water partition coefficient (Wildman–Crippen LogP) is 3.46. The van der Waals surface area contributed by atoms with Gasteiger partial charge in [-0.15, -0.1) is 0 Å². The minimum absolute atomic E-state index is 0.926. The van der Waals surface area contributed by atoms with Crippen LogP contribution in [-0.4, -0.2) is 0 Å². The summed E-state index contributed by atoms with van der Waals surface area (Å²) >= 11 is 1.72. The number of nitrogens with one attached hydrogen (secondary N) is 1. The molecule has 1 aliphatic heterocycles. The Morgan fingerprint density at radius 3 is 2.53 bits per heavy atom. The van der Waals surface area contributed by atoms with Crippen molar-refractivity contribution in [3.63, 3.8) is 0 Å². The molecule has 0 aromatic heterocycles. The van der Waals surface area contributed by atoms with Gasteiger partial charge in [0, 0.05) is 11.4 Å². The van der Waals surface area contributed by atoms with Crippen LogP contribution in [0, 0.1) is 0 Å². The maximum Gasteiger partial charge on any atom is 0.0319 e. The highest BCUT2D eigenvalue weighted by molar-refractivity contribution is 7.97. The molecule has 0 unspecified atom stereocenters. The summed E-state index contributed by atoms with van der Waals surface area (Å²) in [4.78, 5) is 1.31.